The Labute approximate surface area is 205 Å². The fraction of sp³-hybridized carbons (Fsp3) is 0.250. The highest BCUT2D eigenvalue weighted by atomic mass is 16.5. The lowest BCUT2D eigenvalue weighted by atomic mass is 9.98. The summed E-state index contributed by atoms with van der Waals surface area (Å²) in [6.45, 7) is 3.54. The van der Waals surface area contributed by atoms with E-state index in [1.165, 1.54) is 16.7 Å². The normalized spacial score (nSPS) is 15.4. The highest BCUT2D eigenvalue weighted by Gasteiger charge is 2.29. The van der Waals surface area contributed by atoms with E-state index >= 15 is 0 Å². The maximum absolute atomic E-state index is 9.02. The molecular formula is C28H28N6O. The van der Waals surface area contributed by atoms with Crippen molar-refractivity contribution in [2.24, 2.45) is 7.05 Å². The van der Waals surface area contributed by atoms with Gasteiger partial charge in [-0.3, -0.25) is 4.68 Å². The van der Waals surface area contributed by atoms with Gasteiger partial charge in [-0.2, -0.15) is 10.4 Å². The Morgan fingerprint density at radius 2 is 1.94 bits per heavy atom. The molecule has 0 saturated carbocycles. The lowest BCUT2D eigenvalue weighted by Crippen LogP contribution is -2.43. The Balaban J connectivity index is 1.32. The molecule has 0 radical (unpaired) electrons. The number of rotatable bonds is 7. The van der Waals surface area contributed by atoms with Gasteiger partial charge in [0.2, 0.25) is 5.88 Å². The van der Waals surface area contributed by atoms with Crippen LogP contribution in [0.1, 0.15) is 28.3 Å². The van der Waals surface area contributed by atoms with Crippen molar-refractivity contribution in [2.75, 3.05) is 18.4 Å². The van der Waals surface area contributed by atoms with Crippen molar-refractivity contribution >= 4 is 5.69 Å². The molecule has 0 spiro atoms. The van der Waals surface area contributed by atoms with Gasteiger partial charge < -0.3 is 15.4 Å². The molecule has 2 N–H and O–H groups in total. The van der Waals surface area contributed by atoms with Crippen LogP contribution in [0.5, 0.6) is 5.88 Å². The summed E-state index contributed by atoms with van der Waals surface area (Å²) in [5.41, 5.74) is 7.19. The zero-order chi connectivity index (χ0) is 24.2. The summed E-state index contributed by atoms with van der Waals surface area (Å²) >= 11 is 0. The van der Waals surface area contributed by atoms with E-state index in [4.69, 9.17) is 10.00 Å². The van der Waals surface area contributed by atoms with Gasteiger partial charge in [0.25, 0.3) is 0 Å². The molecule has 0 bridgehead atoms. The Kier molecular flexibility index (Phi) is 6.47. The van der Waals surface area contributed by atoms with Crippen LogP contribution >= 0.6 is 0 Å². The van der Waals surface area contributed by atoms with Crippen molar-refractivity contribution < 1.29 is 4.74 Å². The van der Waals surface area contributed by atoms with Gasteiger partial charge in [0.15, 0.2) is 0 Å². The van der Waals surface area contributed by atoms with Gasteiger partial charge in [0.1, 0.15) is 6.10 Å². The smallest absolute Gasteiger partial charge is 0.237 e. The first-order valence-corrected chi connectivity index (χ1v) is 11.8. The van der Waals surface area contributed by atoms with Crippen LogP contribution in [0.25, 0.3) is 11.1 Å². The van der Waals surface area contributed by atoms with Crippen molar-refractivity contribution in [1.29, 1.82) is 5.26 Å². The second-order valence-corrected chi connectivity index (χ2v) is 8.92. The topological polar surface area (TPSA) is 87.8 Å². The summed E-state index contributed by atoms with van der Waals surface area (Å²) in [6, 6.07) is 20.6. The fourth-order valence-corrected chi connectivity index (χ4v) is 4.34. The standard InChI is InChI=1S/C28H28N6O/c1-19-3-9-22(10-4-19)27(30-12-11-20-5-7-21(14-29)8-6-20)26-17-31-25-13-23(15-32-28(25)35-26)24-16-33-34(2)18-24/h3-10,13,15-16,18,26-27,30-31H,11-12,17H2,1-2H3/t26-,27+/m1/s1. The molecule has 35 heavy (non-hydrogen) atoms. The maximum Gasteiger partial charge on any atom is 0.237 e. The summed E-state index contributed by atoms with van der Waals surface area (Å²) in [7, 11) is 1.90. The Morgan fingerprint density at radius 1 is 1.14 bits per heavy atom. The lowest BCUT2D eigenvalue weighted by Gasteiger charge is -2.33. The van der Waals surface area contributed by atoms with Crippen LogP contribution in [-0.4, -0.2) is 34.0 Å². The minimum absolute atomic E-state index is 0.00516. The van der Waals surface area contributed by atoms with Crippen molar-refractivity contribution in [1.82, 2.24) is 20.1 Å². The zero-order valence-electron chi connectivity index (χ0n) is 19.9. The number of aryl methyl sites for hydroxylation is 2. The van der Waals surface area contributed by atoms with E-state index in [0.29, 0.717) is 18.0 Å². The molecule has 0 fully saturated rings. The summed E-state index contributed by atoms with van der Waals surface area (Å²) < 4.78 is 8.20. The predicted octanol–water partition coefficient (Wildman–Crippen LogP) is 4.41. The molecule has 2 aromatic heterocycles. The molecule has 3 heterocycles. The Bertz CT molecular complexity index is 1340. The molecule has 0 amide bonds. The number of hydrogen-bond donors (Lipinski definition) is 2. The van der Waals surface area contributed by atoms with E-state index in [1.807, 2.05) is 49.9 Å². The highest BCUT2D eigenvalue weighted by molar-refractivity contribution is 5.69. The average Bonchev–Trinajstić information content (AvgIpc) is 3.33. The van der Waals surface area contributed by atoms with Gasteiger partial charge in [0.05, 0.1) is 36.1 Å². The number of fused-ring (bicyclic) bond motifs is 1. The first-order chi connectivity index (χ1) is 17.1. The second kappa shape index (κ2) is 10.00. The molecule has 1 aliphatic rings. The maximum atomic E-state index is 9.02. The molecule has 2 atom stereocenters. The molecule has 0 unspecified atom stereocenters. The fourth-order valence-electron chi connectivity index (χ4n) is 4.34. The van der Waals surface area contributed by atoms with Crippen LogP contribution in [0.2, 0.25) is 0 Å². The Hall–Kier alpha value is -4.15. The quantitative estimate of drug-likeness (QED) is 0.421. The van der Waals surface area contributed by atoms with Crippen LogP contribution in [-0.2, 0) is 13.5 Å². The summed E-state index contributed by atoms with van der Waals surface area (Å²) in [6.07, 6.45) is 6.38. The summed E-state index contributed by atoms with van der Waals surface area (Å²) in [5, 5.41) is 20.5. The second-order valence-electron chi connectivity index (χ2n) is 8.92. The molecule has 0 saturated heterocycles. The van der Waals surface area contributed by atoms with Crippen LogP contribution in [0, 0.1) is 18.3 Å². The lowest BCUT2D eigenvalue weighted by molar-refractivity contribution is 0.150. The molecule has 0 aliphatic carbocycles. The van der Waals surface area contributed by atoms with Gasteiger partial charge in [-0.1, -0.05) is 42.0 Å². The molecule has 7 heteroatoms. The minimum Gasteiger partial charge on any atom is -0.469 e. The van der Waals surface area contributed by atoms with Crippen LogP contribution < -0.4 is 15.4 Å². The number of aromatic nitrogens is 3. The van der Waals surface area contributed by atoms with Gasteiger partial charge in [-0.05, 0) is 49.2 Å². The van der Waals surface area contributed by atoms with E-state index in [2.05, 4.69) is 64.0 Å². The van der Waals surface area contributed by atoms with Gasteiger partial charge >= 0.3 is 0 Å². The largest absolute Gasteiger partial charge is 0.469 e. The van der Waals surface area contributed by atoms with Crippen molar-refractivity contribution in [2.45, 2.75) is 25.5 Å². The van der Waals surface area contributed by atoms with Gasteiger partial charge in [-0.15, -0.1) is 0 Å². The first kappa shape index (κ1) is 22.6. The SMILES string of the molecule is Cc1ccc([C@H](NCCc2ccc(C#N)cc2)[C@H]2CNc3cc(-c4cnn(C)c4)cnc3O2)cc1. The number of benzene rings is 2. The highest BCUT2D eigenvalue weighted by Crippen LogP contribution is 2.34. The molecule has 4 aromatic rings. The number of ether oxygens (including phenoxy) is 1. The number of nitrogens with one attached hydrogen (secondary N) is 2. The van der Waals surface area contributed by atoms with Gasteiger partial charge in [0, 0.05) is 30.6 Å². The molecule has 2 aromatic carbocycles. The molecule has 7 nitrogen and oxygen atoms in total. The number of nitrogens with zero attached hydrogens (tertiary/aromatic N) is 4. The monoisotopic (exact) mass is 464 g/mol. The third kappa shape index (κ3) is 5.18. The van der Waals surface area contributed by atoms with E-state index in [-0.39, 0.29) is 12.1 Å². The van der Waals surface area contributed by atoms with E-state index in [9.17, 15) is 0 Å². The molecule has 176 valence electrons. The van der Waals surface area contributed by atoms with Crippen LogP contribution in [0.3, 0.4) is 0 Å². The van der Waals surface area contributed by atoms with Crippen molar-refractivity contribution in [3.63, 3.8) is 0 Å². The molecule has 5 rings (SSSR count). The minimum atomic E-state index is -0.122. The van der Waals surface area contributed by atoms with Crippen molar-refractivity contribution in [3.05, 3.63) is 95.4 Å². The number of anilines is 1. The zero-order valence-corrected chi connectivity index (χ0v) is 19.9. The summed E-state index contributed by atoms with van der Waals surface area (Å²) in [5.74, 6) is 0.611. The number of hydrogen-bond acceptors (Lipinski definition) is 6. The molecule has 1 aliphatic heterocycles. The number of pyridine rings is 1. The Morgan fingerprint density at radius 3 is 2.66 bits per heavy atom. The predicted molar refractivity (Wildman–Crippen MR) is 136 cm³/mol. The van der Waals surface area contributed by atoms with E-state index < -0.39 is 0 Å². The van der Waals surface area contributed by atoms with E-state index in [0.717, 1.165) is 29.8 Å². The van der Waals surface area contributed by atoms with Gasteiger partial charge in [-0.25, -0.2) is 4.98 Å². The average molecular weight is 465 g/mol. The van der Waals surface area contributed by atoms with Crippen LogP contribution in [0.4, 0.5) is 5.69 Å². The number of nitriles is 1. The first-order valence-electron chi connectivity index (χ1n) is 11.8. The third-order valence-corrected chi connectivity index (χ3v) is 6.32. The summed E-state index contributed by atoms with van der Waals surface area (Å²) in [4.78, 5) is 4.61. The van der Waals surface area contributed by atoms with Crippen LogP contribution in [0.15, 0.2) is 73.2 Å². The van der Waals surface area contributed by atoms with E-state index in [1.54, 1.807) is 4.68 Å². The van der Waals surface area contributed by atoms with Crippen molar-refractivity contribution in [3.8, 4) is 23.1 Å². The third-order valence-electron chi connectivity index (χ3n) is 6.32. The molecular weight excluding hydrogens is 436 g/mol.